The summed E-state index contributed by atoms with van der Waals surface area (Å²) < 4.78 is 0. The van der Waals surface area contributed by atoms with E-state index in [1.165, 1.54) is 0 Å². The molecule has 0 fully saturated rings. The summed E-state index contributed by atoms with van der Waals surface area (Å²) in [6.45, 7) is 2.00. The summed E-state index contributed by atoms with van der Waals surface area (Å²) in [5.41, 5.74) is 1.09. The second-order valence-electron chi connectivity index (χ2n) is 2.75. The highest BCUT2D eigenvalue weighted by Crippen LogP contribution is 2.21. The van der Waals surface area contributed by atoms with Crippen molar-refractivity contribution < 1.29 is 0 Å². The Hall–Kier alpha value is -1.22. The van der Waals surface area contributed by atoms with Crippen LogP contribution < -0.4 is 5.84 Å². The van der Waals surface area contributed by atoms with Crippen LogP contribution in [-0.2, 0) is 0 Å². The van der Waals surface area contributed by atoms with Gasteiger partial charge in [-0.25, -0.2) is 11.0 Å². The first-order valence-corrected chi connectivity index (χ1v) is 3.65. The molecule has 1 unspecified atom stereocenters. The Balaban J connectivity index is 2.29. The molecular weight excluding hydrogens is 138 g/mol. The number of hydrogen-bond donors (Lipinski definition) is 1. The Labute approximate surface area is 66.0 Å². The quantitative estimate of drug-likeness (QED) is 0.516. The molecule has 2 heterocycles. The summed E-state index contributed by atoms with van der Waals surface area (Å²) in [7, 11) is 0. The summed E-state index contributed by atoms with van der Waals surface area (Å²) in [6, 6.07) is 0.324. The van der Waals surface area contributed by atoms with Crippen LogP contribution in [0.15, 0.2) is 36.2 Å². The topological polar surface area (TPSA) is 32.5 Å². The van der Waals surface area contributed by atoms with Crippen LogP contribution in [0.4, 0.5) is 0 Å². The minimum Gasteiger partial charge on any atom is -0.268 e. The minimum atomic E-state index is 0.324. The summed E-state index contributed by atoms with van der Waals surface area (Å²) in [5, 5.41) is 3.64. The normalized spacial score (nSPS) is 27.5. The standard InChI is InChI=1S/C8H11N3/c1-7-6-8-4-2-3-5-10(8)11(7)9/h2-6,8H,9H2,1H3. The van der Waals surface area contributed by atoms with Crippen molar-refractivity contribution >= 4 is 0 Å². The Bertz CT molecular complexity index is 252. The molecule has 0 saturated heterocycles. The third kappa shape index (κ3) is 0.851. The predicted molar refractivity (Wildman–Crippen MR) is 43.7 cm³/mol. The van der Waals surface area contributed by atoms with Crippen molar-refractivity contribution in [2.45, 2.75) is 13.0 Å². The van der Waals surface area contributed by atoms with Crippen molar-refractivity contribution in [2.75, 3.05) is 0 Å². The number of nitrogens with two attached hydrogens (primary N) is 1. The molecule has 0 saturated carbocycles. The van der Waals surface area contributed by atoms with E-state index in [4.69, 9.17) is 5.84 Å². The lowest BCUT2D eigenvalue weighted by atomic mass is 10.2. The van der Waals surface area contributed by atoms with Crippen molar-refractivity contribution in [3.8, 4) is 0 Å². The number of rotatable bonds is 0. The third-order valence-corrected chi connectivity index (χ3v) is 1.99. The first-order chi connectivity index (χ1) is 5.29. The molecule has 0 spiro atoms. The second kappa shape index (κ2) is 2.13. The number of nitrogens with zero attached hydrogens (tertiary/aromatic N) is 2. The molecule has 2 aliphatic heterocycles. The molecule has 1 atom stereocenters. The average Bonchev–Trinajstić information content (AvgIpc) is 2.30. The van der Waals surface area contributed by atoms with E-state index in [0.29, 0.717) is 6.04 Å². The van der Waals surface area contributed by atoms with Gasteiger partial charge >= 0.3 is 0 Å². The van der Waals surface area contributed by atoms with Crippen molar-refractivity contribution in [3.05, 3.63) is 36.2 Å². The molecule has 2 aliphatic rings. The van der Waals surface area contributed by atoms with Crippen LogP contribution in [0.2, 0.25) is 0 Å². The summed E-state index contributed by atoms with van der Waals surface area (Å²) in [4.78, 5) is 0. The van der Waals surface area contributed by atoms with Gasteiger partial charge in [0.15, 0.2) is 0 Å². The van der Waals surface area contributed by atoms with Crippen LogP contribution in [0.3, 0.4) is 0 Å². The van der Waals surface area contributed by atoms with E-state index >= 15 is 0 Å². The van der Waals surface area contributed by atoms with Gasteiger partial charge in [-0.05, 0) is 19.1 Å². The van der Waals surface area contributed by atoms with E-state index in [-0.39, 0.29) is 0 Å². The van der Waals surface area contributed by atoms with Crippen LogP contribution in [0, 0.1) is 0 Å². The molecule has 0 amide bonds. The van der Waals surface area contributed by atoms with Gasteiger partial charge in [0.2, 0.25) is 0 Å². The lowest BCUT2D eigenvalue weighted by molar-refractivity contribution is 0.0734. The van der Waals surface area contributed by atoms with Gasteiger partial charge in [-0.1, -0.05) is 12.2 Å². The zero-order valence-corrected chi connectivity index (χ0v) is 6.44. The van der Waals surface area contributed by atoms with Gasteiger partial charge in [0.1, 0.15) is 0 Å². The first kappa shape index (κ1) is 6.49. The van der Waals surface area contributed by atoms with Crippen LogP contribution in [0.25, 0.3) is 0 Å². The lowest BCUT2D eigenvalue weighted by Gasteiger charge is -2.30. The molecule has 58 valence electrons. The maximum atomic E-state index is 5.74. The molecule has 0 aliphatic carbocycles. The highest BCUT2D eigenvalue weighted by molar-refractivity contribution is 5.24. The highest BCUT2D eigenvalue weighted by atomic mass is 15.8. The highest BCUT2D eigenvalue weighted by Gasteiger charge is 2.24. The molecular formula is C8H11N3. The molecule has 3 nitrogen and oxygen atoms in total. The molecule has 0 aromatic heterocycles. The Morgan fingerprint density at radius 2 is 2.27 bits per heavy atom. The number of hydrogen-bond acceptors (Lipinski definition) is 3. The fraction of sp³-hybridized carbons (Fsp3) is 0.250. The molecule has 2 N–H and O–H groups in total. The van der Waals surface area contributed by atoms with Crippen molar-refractivity contribution in [3.63, 3.8) is 0 Å². The van der Waals surface area contributed by atoms with Crippen molar-refractivity contribution in [1.82, 2.24) is 10.1 Å². The Morgan fingerprint density at radius 1 is 1.45 bits per heavy atom. The number of hydrazine groups is 2. The number of fused-ring (bicyclic) bond motifs is 1. The molecule has 3 heteroatoms. The van der Waals surface area contributed by atoms with Gasteiger partial charge in [-0.3, -0.25) is 5.01 Å². The van der Waals surface area contributed by atoms with Crippen LogP contribution in [0.1, 0.15) is 6.92 Å². The molecule has 0 bridgehead atoms. The Kier molecular flexibility index (Phi) is 1.26. The summed E-state index contributed by atoms with van der Waals surface area (Å²) >= 11 is 0. The predicted octanol–water partition coefficient (Wildman–Crippen LogP) is 0.749. The fourth-order valence-corrected chi connectivity index (χ4v) is 1.36. The summed E-state index contributed by atoms with van der Waals surface area (Å²) in [5.74, 6) is 5.74. The zero-order valence-electron chi connectivity index (χ0n) is 6.44. The van der Waals surface area contributed by atoms with E-state index in [1.807, 2.05) is 30.3 Å². The van der Waals surface area contributed by atoms with E-state index in [2.05, 4.69) is 12.2 Å². The zero-order chi connectivity index (χ0) is 7.84. The molecule has 0 aromatic rings. The third-order valence-electron chi connectivity index (χ3n) is 1.99. The lowest BCUT2D eigenvalue weighted by Crippen LogP contribution is -2.42. The van der Waals surface area contributed by atoms with Crippen molar-refractivity contribution in [1.29, 1.82) is 0 Å². The second-order valence-corrected chi connectivity index (χ2v) is 2.75. The first-order valence-electron chi connectivity index (χ1n) is 3.65. The average molecular weight is 149 g/mol. The minimum absolute atomic E-state index is 0.324. The van der Waals surface area contributed by atoms with Gasteiger partial charge in [-0.2, -0.15) is 0 Å². The van der Waals surface area contributed by atoms with E-state index in [9.17, 15) is 0 Å². The fourth-order valence-electron chi connectivity index (χ4n) is 1.36. The van der Waals surface area contributed by atoms with Gasteiger partial charge in [0.05, 0.1) is 6.04 Å². The summed E-state index contributed by atoms with van der Waals surface area (Å²) in [6.07, 6.45) is 10.2. The monoisotopic (exact) mass is 149 g/mol. The molecule has 0 aromatic carbocycles. The number of allylic oxidation sites excluding steroid dienone is 3. The Morgan fingerprint density at radius 3 is 3.00 bits per heavy atom. The SMILES string of the molecule is CC1=CC2C=CC=CN2N1N. The van der Waals surface area contributed by atoms with E-state index in [0.717, 1.165) is 5.70 Å². The smallest absolute Gasteiger partial charge is 0.0899 e. The largest absolute Gasteiger partial charge is 0.268 e. The molecule has 0 radical (unpaired) electrons. The van der Waals surface area contributed by atoms with Crippen LogP contribution in [-0.4, -0.2) is 16.2 Å². The van der Waals surface area contributed by atoms with Gasteiger partial charge < -0.3 is 0 Å². The van der Waals surface area contributed by atoms with Gasteiger partial charge in [0.25, 0.3) is 0 Å². The van der Waals surface area contributed by atoms with Crippen LogP contribution in [0.5, 0.6) is 0 Å². The molecule has 11 heavy (non-hydrogen) atoms. The molecule has 2 rings (SSSR count). The van der Waals surface area contributed by atoms with Gasteiger partial charge in [0, 0.05) is 11.9 Å². The van der Waals surface area contributed by atoms with Crippen molar-refractivity contribution in [2.24, 2.45) is 5.84 Å². The van der Waals surface area contributed by atoms with E-state index < -0.39 is 0 Å². The van der Waals surface area contributed by atoms with Gasteiger partial charge in [-0.15, -0.1) is 0 Å². The van der Waals surface area contributed by atoms with Crippen LogP contribution >= 0.6 is 0 Å². The maximum absolute atomic E-state index is 5.74. The maximum Gasteiger partial charge on any atom is 0.0899 e. The van der Waals surface area contributed by atoms with E-state index in [1.54, 1.807) is 5.12 Å².